The molecule has 9 heteroatoms. The fraction of sp³-hybridized carbons (Fsp3) is 0.227. The lowest BCUT2D eigenvalue weighted by atomic mass is 10.0. The number of fused-ring (bicyclic) bond motifs is 1. The highest BCUT2D eigenvalue weighted by atomic mass is 32.2. The number of rotatable bonds is 4. The van der Waals surface area contributed by atoms with Crippen molar-refractivity contribution in [3.05, 3.63) is 68.7 Å². The Morgan fingerprint density at radius 2 is 2.00 bits per heavy atom. The number of H-pyrrole nitrogens is 1. The Balaban J connectivity index is 1.93. The molecule has 1 unspecified atom stereocenters. The highest BCUT2D eigenvalue weighted by Crippen LogP contribution is 2.48. The summed E-state index contributed by atoms with van der Waals surface area (Å²) in [6.45, 7) is 0. The summed E-state index contributed by atoms with van der Waals surface area (Å²) >= 11 is 6.74. The molecule has 1 aliphatic heterocycles. The molecule has 7 nitrogen and oxygen atoms in total. The molecule has 0 bridgehead atoms. The van der Waals surface area contributed by atoms with Crippen molar-refractivity contribution >= 4 is 35.4 Å². The third-order valence-corrected chi connectivity index (χ3v) is 6.81. The van der Waals surface area contributed by atoms with Crippen LogP contribution in [0.25, 0.3) is 0 Å². The van der Waals surface area contributed by atoms with Gasteiger partial charge in [-0.2, -0.15) is 0 Å². The van der Waals surface area contributed by atoms with E-state index < -0.39 is 5.56 Å². The number of nitrogens with zero attached hydrogens (tertiary/aromatic N) is 2. The van der Waals surface area contributed by atoms with Crippen LogP contribution in [-0.2, 0) is 7.05 Å². The van der Waals surface area contributed by atoms with Crippen molar-refractivity contribution < 1.29 is 14.6 Å². The van der Waals surface area contributed by atoms with E-state index in [1.54, 1.807) is 33.0 Å². The zero-order valence-electron chi connectivity index (χ0n) is 17.2. The average Bonchev–Trinajstić information content (AvgIpc) is 2.96. The van der Waals surface area contributed by atoms with Crippen molar-refractivity contribution in [1.29, 1.82) is 0 Å². The second-order valence-corrected chi connectivity index (χ2v) is 8.59. The third kappa shape index (κ3) is 3.98. The molecule has 0 radical (unpaired) electrons. The van der Waals surface area contributed by atoms with Crippen LogP contribution in [-0.4, -0.2) is 34.6 Å². The topological polar surface area (TPSA) is 88.8 Å². The average molecular weight is 456 g/mol. The number of ether oxygens (including phenoxy) is 2. The monoisotopic (exact) mass is 455 g/mol. The molecule has 3 aromatic rings. The molecule has 1 aliphatic rings. The molecule has 1 aromatic heterocycles. The van der Waals surface area contributed by atoms with Crippen molar-refractivity contribution in [2.24, 2.45) is 12.0 Å². The summed E-state index contributed by atoms with van der Waals surface area (Å²) in [7, 11) is 4.83. The van der Waals surface area contributed by atoms with Crippen molar-refractivity contribution in [1.82, 2.24) is 9.55 Å². The Kier molecular flexibility index (Phi) is 5.88. The Morgan fingerprint density at radius 1 is 1.23 bits per heavy atom. The lowest BCUT2D eigenvalue weighted by Crippen LogP contribution is -2.23. The number of aromatic hydroxyl groups is 1. The predicted molar refractivity (Wildman–Crippen MR) is 124 cm³/mol. The SMILES string of the molecule is COc1ccc(OC)c(C2CC(c3c(O)n(C)c(=S)[nH]c3=O)=Nc3ccccc3S2)c1. The van der Waals surface area contributed by atoms with Crippen LogP contribution < -0.4 is 15.0 Å². The molecule has 0 aliphatic carbocycles. The number of nitrogens with one attached hydrogen (secondary N) is 1. The summed E-state index contributed by atoms with van der Waals surface area (Å²) < 4.78 is 12.5. The fourth-order valence-corrected chi connectivity index (χ4v) is 4.93. The summed E-state index contributed by atoms with van der Waals surface area (Å²) in [5.74, 6) is 1.20. The molecule has 2 heterocycles. The maximum atomic E-state index is 12.8. The second kappa shape index (κ2) is 8.60. The molecule has 1 atom stereocenters. The summed E-state index contributed by atoms with van der Waals surface area (Å²) in [5, 5.41) is 10.6. The van der Waals surface area contributed by atoms with Gasteiger partial charge in [0.2, 0.25) is 5.88 Å². The van der Waals surface area contributed by atoms with Gasteiger partial charge >= 0.3 is 0 Å². The molecule has 0 spiro atoms. The molecule has 0 fully saturated rings. The van der Waals surface area contributed by atoms with Gasteiger partial charge in [-0.3, -0.25) is 19.3 Å². The standard InChI is InChI=1S/C22H21N3O4S2/c1-25-21(27)19(20(26)24-22(25)30)15-11-18(31-17-7-5-4-6-14(17)23-15)13-10-12(28-2)8-9-16(13)29-3/h4-10,18,27H,11H2,1-3H3,(H,24,26,30). The summed E-state index contributed by atoms with van der Waals surface area (Å²) in [6.07, 6.45) is 0.385. The molecule has 0 saturated carbocycles. The number of thioether (sulfide) groups is 1. The fourth-order valence-electron chi connectivity index (χ4n) is 3.50. The van der Waals surface area contributed by atoms with E-state index in [-0.39, 0.29) is 21.5 Å². The molecular formula is C22H21N3O4S2. The molecule has 2 N–H and O–H groups in total. The van der Waals surface area contributed by atoms with Gasteiger partial charge in [-0.05, 0) is 42.5 Å². The van der Waals surface area contributed by atoms with Gasteiger partial charge in [0, 0.05) is 29.2 Å². The molecule has 31 heavy (non-hydrogen) atoms. The highest BCUT2D eigenvalue weighted by Gasteiger charge is 2.28. The van der Waals surface area contributed by atoms with E-state index in [0.29, 0.717) is 23.6 Å². The Hall–Kier alpha value is -3.04. The van der Waals surface area contributed by atoms with Gasteiger partial charge in [0.05, 0.1) is 25.6 Å². The van der Waals surface area contributed by atoms with Crippen LogP contribution in [0.1, 0.15) is 22.8 Å². The van der Waals surface area contributed by atoms with Gasteiger partial charge in [0.25, 0.3) is 5.56 Å². The van der Waals surface area contributed by atoms with Crippen LogP contribution in [0.5, 0.6) is 17.4 Å². The molecule has 0 saturated heterocycles. The highest BCUT2D eigenvalue weighted by molar-refractivity contribution is 7.99. The molecular weight excluding hydrogens is 434 g/mol. The zero-order valence-corrected chi connectivity index (χ0v) is 18.8. The summed E-state index contributed by atoms with van der Waals surface area (Å²) in [4.78, 5) is 21.1. The molecule has 2 aromatic carbocycles. The lowest BCUT2D eigenvalue weighted by molar-refractivity contribution is 0.398. The Bertz CT molecular complexity index is 1300. The third-order valence-electron chi connectivity index (χ3n) is 5.13. The van der Waals surface area contributed by atoms with Crippen molar-refractivity contribution in [2.45, 2.75) is 16.6 Å². The van der Waals surface area contributed by atoms with Crippen molar-refractivity contribution in [2.75, 3.05) is 14.2 Å². The minimum Gasteiger partial charge on any atom is -0.497 e. The number of benzene rings is 2. The first-order valence-corrected chi connectivity index (χ1v) is 10.8. The van der Waals surface area contributed by atoms with Crippen LogP contribution in [0.2, 0.25) is 0 Å². The lowest BCUT2D eigenvalue weighted by Gasteiger charge is -2.20. The van der Waals surface area contributed by atoms with E-state index in [1.165, 1.54) is 4.57 Å². The Morgan fingerprint density at radius 3 is 2.74 bits per heavy atom. The minimum atomic E-state index is -0.472. The first-order chi connectivity index (χ1) is 14.9. The van der Waals surface area contributed by atoms with E-state index in [0.717, 1.165) is 16.1 Å². The largest absolute Gasteiger partial charge is 0.497 e. The van der Waals surface area contributed by atoms with Crippen molar-refractivity contribution in [3.8, 4) is 17.4 Å². The number of para-hydroxylation sites is 1. The molecule has 0 amide bonds. The van der Waals surface area contributed by atoms with Crippen LogP contribution in [0.4, 0.5) is 5.69 Å². The summed E-state index contributed by atoms with van der Waals surface area (Å²) in [6, 6.07) is 13.3. The van der Waals surface area contributed by atoms with E-state index >= 15 is 0 Å². The maximum Gasteiger partial charge on any atom is 0.264 e. The number of methoxy groups -OCH3 is 2. The zero-order chi connectivity index (χ0) is 22.1. The predicted octanol–water partition coefficient (Wildman–Crippen LogP) is 4.52. The van der Waals surface area contributed by atoms with E-state index in [9.17, 15) is 9.90 Å². The van der Waals surface area contributed by atoms with Gasteiger partial charge in [-0.1, -0.05) is 12.1 Å². The quantitative estimate of drug-likeness (QED) is 0.562. The molecule has 4 rings (SSSR count). The normalized spacial score (nSPS) is 15.6. The smallest absolute Gasteiger partial charge is 0.264 e. The summed E-state index contributed by atoms with van der Waals surface area (Å²) in [5.41, 5.74) is 1.75. The van der Waals surface area contributed by atoms with Crippen molar-refractivity contribution in [3.63, 3.8) is 0 Å². The number of aromatic amines is 1. The van der Waals surface area contributed by atoms with Gasteiger partial charge in [-0.15, -0.1) is 11.8 Å². The van der Waals surface area contributed by atoms with E-state index in [4.69, 9.17) is 26.7 Å². The number of hydrogen-bond donors (Lipinski definition) is 2. The van der Waals surface area contributed by atoms with Gasteiger partial charge < -0.3 is 14.6 Å². The number of aliphatic imine (C=N–C) groups is 1. The first kappa shape index (κ1) is 21.2. The van der Waals surface area contributed by atoms with Gasteiger partial charge in [0.1, 0.15) is 17.1 Å². The van der Waals surface area contributed by atoms with Gasteiger partial charge in [-0.25, -0.2) is 0 Å². The van der Waals surface area contributed by atoms with Crippen LogP contribution in [0, 0.1) is 4.77 Å². The van der Waals surface area contributed by atoms with E-state index in [1.807, 2.05) is 42.5 Å². The second-order valence-electron chi connectivity index (χ2n) is 6.96. The Labute approximate surface area is 188 Å². The minimum absolute atomic E-state index is 0.111. The van der Waals surface area contributed by atoms with E-state index in [2.05, 4.69) is 4.98 Å². The van der Waals surface area contributed by atoms with Crippen LogP contribution in [0.3, 0.4) is 0 Å². The maximum absolute atomic E-state index is 12.8. The van der Waals surface area contributed by atoms with Gasteiger partial charge in [0.15, 0.2) is 4.77 Å². The molecule has 160 valence electrons. The van der Waals surface area contributed by atoms with Crippen LogP contribution >= 0.6 is 24.0 Å². The first-order valence-electron chi connectivity index (χ1n) is 9.50. The number of aromatic nitrogens is 2. The van der Waals surface area contributed by atoms with Crippen LogP contribution in [0.15, 0.2) is 57.1 Å². The number of hydrogen-bond acceptors (Lipinski definition) is 7.